The van der Waals surface area contributed by atoms with Crippen molar-refractivity contribution in [3.63, 3.8) is 0 Å². The number of carbonyl (C=O) groups excluding carboxylic acids is 2. The first kappa shape index (κ1) is 28.6. The largest absolute Gasteiger partial charge is 0.481 e. The molecule has 43 heavy (non-hydrogen) atoms. The fourth-order valence-corrected chi connectivity index (χ4v) is 6.32. The normalized spacial score (nSPS) is 15.5. The number of amides is 2. The topological polar surface area (TPSA) is 104 Å². The summed E-state index contributed by atoms with van der Waals surface area (Å²) in [5.41, 5.74) is 1.98. The quantitative estimate of drug-likeness (QED) is 0.235. The summed E-state index contributed by atoms with van der Waals surface area (Å²) in [6, 6.07) is 16.4. The number of rotatable bonds is 10. The Labute approximate surface area is 250 Å². The molecule has 11 heteroatoms. The zero-order valence-electron chi connectivity index (χ0n) is 23.1. The summed E-state index contributed by atoms with van der Waals surface area (Å²) >= 11 is 0.683. The fraction of sp³-hybridized carbons (Fsp3) is 0.281. The van der Waals surface area contributed by atoms with Crippen molar-refractivity contribution in [3.8, 4) is 22.4 Å². The first-order valence-corrected chi connectivity index (χ1v) is 14.9. The molecule has 1 aliphatic heterocycles. The van der Waals surface area contributed by atoms with Crippen LogP contribution in [0.4, 0.5) is 19.7 Å². The van der Waals surface area contributed by atoms with E-state index in [-0.39, 0.29) is 41.2 Å². The van der Waals surface area contributed by atoms with Gasteiger partial charge in [0.25, 0.3) is 0 Å². The summed E-state index contributed by atoms with van der Waals surface area (Å²) in [5.74, 6) is -2.46. The summed E-state index contributed by atoms with van der Waals surface area (Å²) in [5, 5.41) is 8.99. The van der Waals surface area contributed by atoms with Gasteiger partial charge in [-0.3, -0.25) is 24.2 Å². The lowest BCUT2D eigenvalue weighted by Gasteiger charge is -2.24. The van der Waals surface area contributed by atoms with Crippen molar-refractivity contribution in [2.24, 2.45) is 5.92 Å². The van der Waals surface area contributed by atoms with Gasteiger partial charge in [-0.2, -0.15) is 4.39 Å². The first-order valence-electron chi connectivity index (χ1n) is 14.1. The summed E-state index contributed by atoms with van der Waals surface area (Å²) in [6.45, 7) is 0.592. The molecule has 2 fully saturated rings. The van der Waals surface area contributed by atoms with Gasteiger partial charge in [0.1, 0.15) is 17.3 Å². The third kappa shape index (κ3) is 6.17. The highest BCUT2D eigenvalue weighted by Gasteiger charge is 2.40. The van der Waals surface area contributed by atoms with Gasteiger partial charge in [-0.05, 0) is 61.1 Å². The maximum absolute atomic E-state index is 15.6. The molecule has 4 aromatic rings. The number of thiazole rings is 1. The van der Waals surface area contributed by atoms with E-state index >= 15 is 4.39 Å². The second kappa shape index (κ2) is 12.0. The van der Waals surface area contributed by atoms with Crippen LogP contribution in [0.3, 0.4) is 0 Å². The highest BCUT2D eigenvalue weighted by Crippen LogP contribution is 2.41. The highest BCUT2D eigenvalue weighted by atomic mass is 32.1. The number of hydrogen-bond donors (Lipinski definition) is 1. The summed E-state index contributed by atoms with van der Waals surface area (Å²) in [4.78, 5) is 49.6. The number of benzene rings is 2. The third-order valence-corrected chi connectivity index (χ3v) is 8.51. The van der Waals surface area contributed by atoms with E-state index in [1.165, 1.54) is 23.1 Å². The predicted molar refractivity (Wildman–Crippen MR) is 159 cm³/mol. The number of carboxylic acid groups (broad SMARTS) is 1. The van der Waals surface area contributed by atoms with Gasteiger partial charge in [0.15, 0.2) is 5.13 Å². The zero-order chi connectivity index (χ0) is 30.1. The minimum Gasteiger partial charge on any atom is -0.481 e. The Bertz CT molecular complexity index is 1670. The van der Waals surface area contributed by atoms with Gasteiger partial charge < -0.3 is 5.11 Å². The maximum Gasteiger partial charge on any atom is 0.304 e. The lowest BCUT2D eigenvalue weighted by Crippen LogP contribution is -2.39. The number of aliphatic carboxylic acids is 1. The standard InChI is InChI=1S/C32H28F2N4O4S/c33-22-9-12-24(20-8-13-26(35-18-20)37-14-4-7-27(37)39)25(17-22)29-30(34)43-32(36-29)38(23-10-11-23)31(42)21(16-28(40)41)15-19-5-2-1-3-6-19/h1-3,5-6,8-9,12-13,17-18,21,23H,4,7,10-11,14-16H2,(H,40,41). The number of anilines is 2. The number of carboxylic acids is 1. The number of pyridine rings is 1. The van der Waals surface area contributed by atoms with Crippen LogP contribution in [0, 0.1) is 16.9 Å². The van der Waals surface area contributed by atoms with Crippen molar-refractivity contribution in [2.45, 2.75) is 44.6 Å². The highest BCUT2D eigenvalue weighted by molar-refractivity contribution is 7.14. The molecule has 2 amide bonds. The Hall–Kier alpha value is -4.51. The molecule has 0 radical (unpaired) electrons. The number of aromatic nitrogens is 2. The van der Waals surface area contributed by atoms with Crippen LogP contribution < -0.4 is 9.80 Å². The molecular formula is C32H28F2N4O4S. The molecule has 1 N–H and O–H groups in total. The van der Waals surface area contributed by atoms with Crippen LogP contribution in [0.5, 0.6) is 0 Å². The van der Waals surface area contributed by atoms with Crippen LogP contribution in [0.15, 0.2) is 66.9 Å². The molecule has 0 spiro atoms. The van der Waals surface area contributed by atoms with Crippen LogP contribution in [0.2, 0.25) is 0 Å². The summed E-state index contributed by atoms with van der Waals surface area (Å²) < 4.78 is 30.2. The SMILES string of the molecule is O=C(O)CC(Cc1ccccc1)C(=O)N(c1nc(-c2cc(F)ccc2-c2ccc(N3CCCC3=O)nc2)c(F)s1)C1CC1. The van der Waals surface area contributed by atoms with E-state index in [0.29, 0.717) is 54.1 Å². The average Bonchev–Trinajstić information content (AvgIpc) is 3.62. The van der Waals surface area contributed by atoms with E-state index < -0.39 is 28.7 Å². The molecule has 3 heterocycles. The molecule has 2 aliphatic rings. The Kier molecular flexibility index (Phi) is 7.98. The van der Waals surface area contributed by atoms with E-state index in [0.717, 1.165) is 12.0 Å². The van der Waals surface area contributed by atoms with Crippen molar-refractivity contribution in [1.29, 1.82) is 0 Å². The van der Waals surface area contributed by atoms with E-state index in [9.17, 15) is 23.9 Å². The average molecular weight is 603 g/mol. The van der Waals surface area contributed by atoms with Crippen LogP contribution in [-0.4, -0.2) is 45.4 Å². The van der Waals surface area contributed by atoms with Gasteiger partial charge in [-0.25, -0.2) is 14.4 Å². The van der Waals surface area contributed by atoms with Gasteiger partial charge >= 0.3 is 5.97 Å². The van der Waals surface area contributed by atoms with E-state index in [2.05, 4.69) is 9.97 Å². The molecule has 0 bridgehead atoms. The molecule has 1 saturated carbocycles. The van der Waals surface area contributed by atoms with Crippen molar-refractivity contribution in [2.75, 3.05) is 16.3 Å². The second-order valence-electron chi connectivity index (χ2n) is 10.8. The van der Waals surface area contributed by atoms with Crippen LogP contribution in [-0.2, 0) is 20.8 Å². The minimum atomic E-state index is -1.10. The first-order chi connectivity index (χ1) is 20.8. The Morgan fingerprint density at radius 1 is 1.07 bits per heavy atom. The Balaban J connectivity index is 1.33. The molecular weight excluding hydrogens is 574 g/mol. The van der Waals surface area contributed by atoms with E-state index in [4.69, 9.17) is 0 Å². The van der Waals surface area contributed by atoms with Crippen molar-refractivity contribution < 1.29 is 28.3 Å². The molecule has 1 unspecified atom stereocenters. The molecule has 6 rings (SSSR count). The molecule has 1 atom stereocenters. The lowest BCUT2D eigenvalue weighted by molar-refractivity contribution is -0.140. The molecule has 1 saturated heterocycles. The van der Waals surface area contributed by atoms with Gasteiger partial charge in [-0.15, -0.1) is 0 Å². The number of hydrogen-bond acceptors (Lipinski definition) is 6. The van der Waals surface area contributed by atoms with Crippen molar-refractivity contribution in [3.05, 3.63) is 83.4 Å². The molecule has 8 nitrogen and oxygen atoms in total. The number of nitrogens with zero attached hydrogens (tertiary/aromatic N) is 4. The smallest absolute Gasteiger partial charge is 0.304 e. The second-order valence-corrected chi connectivity index (χ2v) is 11.7. The summed E-state index contributed by atoms with van der Waals surface area (Å²) in [7, 11) is 0. The number of carbonyl (C=O) groups is 3. The van der Waals surface area contributed by atoms with Gasteiger partial charge in [-0.1, -0.05) is 47.7 Å². The Morgan fingerprint density at radius 2 is 1.86 bits per heavy atom. The van der Waals surface area contributed by atoms with Crippen LogP contribution in [0.25, 0.3) is 22.4 Å². The molecule has 2 aromatic carbocycles. The fourth-order valence-electron chi connectivity index (χ4n) is 5.44. The minimum absolute atomic E-state index is 0.00363. The van der Waals surface area contributed by atoms with Crippen LogP contribution in [0.1, 0.15) is 37.7 Å². The van der Waals surface area contributed by atoms with Crippen LogP contribution >= 0.6 is 11.3 Å². The van der Waals surface area contributed by atoms with Crippen molar-refractivity contribution >= 4 is 40.1 Å². The number of halogens is 2. The van der Waals surface area contributed by atoms with E-state index in [1.807, 2.05) is 30.3 Å². The zero-order valence-corrected chi connectivity index (χ0v) is 23.9. The Morgan fingerprint density at radius 3 is 2.51 bits per heavy atom. The molecule has 2 aromatic heterocycles. The third-order valence-electron chi connectivity index (χ3n) is 7.67. The van der Waals surface area contributed by atoms with E-state index in [1.54, 1.807) is 23.2 Å². The van der Waals surface area contributed by atoms with Crippen molar-refractivity contribution in [1.82, 2.24) is 9.97 Å². The summed E-state index contributed by atoms with van der Waals surface area (Å²) in [6.07, 6.45) is 4.02. The predicted octanol–water partition coefficient (Wildman–Crippen LogP) is 6.11. The van der Waals surface area contributed by atoms with Gasteiger partial charge in [0.2, 0.25) is 16.9 Å². The molecule has 220 valence electrons. The maximum atomic E-state index is 15.6. The van der Waals surface area contributed by atoms with Gasteiger partial charge in [0, 0.05) is 36.3 Å². The lowest BCUT2D eigenvalue weighted by atomic mass is 9.94. The molecule has 1 aliphatic carbocycles. The monoisotopic (exact) mass is 602 g/mol. The van der Waals surface area contributed by atoms with Gasteiger partial charge in [0.05, 0.1) is 12.3 Å².